The lowest BCUT2D eigenvalue weighted by Crippen LogP contribution is -2.42. The van der Waals surface area contributed by atoms with Gasteiger partial charge < -0.3 is 4.57 Å². The van der Waals surface area contributed by atoms with Crippen LogP contribution in [0.4, 0.5) is 13.2 Å². The van der Waals surface area contributed by atoms with Gasteiger partial charge in [-0.1, -0.05) is 12.1 Å². The van der Waals surface area contributed by atoms with Crippen LogP contribution in [0.3, 0.4) is 0 Å². The molecule has 1 unspecified atom stereocenters. The lowest BCUT2D eigenvalue weighted by atomic mass is 10.1. The van der Waals surface area contributed by atoms with Crippen molar-refractivity contribution in [3.8, 4) is 17.5 Å². The van der Waals surface area contributed by atoms with Crippen LogP contribution in [-0.4, -0.2) is 30.2 Å². The van der Waals surface area contributed by atoms with Crippen molar-refractivity contribution in [1.29, 1.82) is 5.26 Å². The van der Waals surface area contributed by atoms with Crippen LogP contribution in [-0.2, 0) is 16.6 Å². The number of nitrogens with zero attached hydrogens (tertiary/aromatic N) is 3. The van der Waals surface area contributed by atoms with Gasteiger partial charge in [-0.05, 0) is 56.4 Å². The maximum atomic E-state index is 12.8. The molecule has 1 aromatic carbocycles. The summed E-state index contributed by atoms with van der Waals surface area (Å²) >= 11 is 0. The number of aryl methyl sites for hydroxylation is 1. The number of sulfonamides is 1. The Morgan fingerprint density at radius 3 is 2.56 bits per heavy atom. The third kappa shape index (κ3) is 4.23. The SMILES string of the molecule is Cc1ccc2c(C#N)c(-c3ccc(S(=O)(=O)NC(C)C(F)(F)F)cn3)n(CC3CC3)c2c1. The molecule has 168 valence electrons. The second-order valence-electron chi connectivity index (χ2n) is 8.17. The topological polar surface area (TPSA) is 87.8 Å². The van der Waals surface area contributed by atoms with Crippen LogP contribution in [0.1, 0.15) is 30.9 Å². The highest BCUT2D eigenvalue weighted by atomic mass is 32.2. The number of nitrogens with one attached hydrogen (secondary N) is 1. The Balaban J connectivity index is 1.78. The number of hydrogen-bond acceptors (Lipinski definition) is 4. The predicted molar refractivity (Wildman–Crippen MR) is 113 cm³/mol. The summed E-state index contributed by atoms with van der Waals surface area (Å²) in [5.74, 6) is 0.504. The van der Waals surface area contributed by atoms with E-state index < -0.39 is 22.2 Å². The zero-order valence-corrected chi connectivity index (χ0v) is 18.3. The first-order valence-corrected chi connectivity index (χ1v) is 11.6. The van der Waals surface area contributed by atoms with E-state index in [1.165, 1.54) is 12.1 Å². The molecule has 1 fully saturated rings. The molecule has 1 N–H and O–H groups in total. The molecule has 4 rings (SSSR count). The van der Waals surface area contributed by atoms with E-state index in [-0.39, 0.29) is 4.90 Å². The van der Waals surface area contributed by atoms with Gasteiger partial charge in [0.25, 0.3) is 0 Å². The van der Waals surface area contributed by atoms with E-state index in [2.05, 4.69) is 11.1 Å². The Morgan fingerprint density at radius 1 is 1.28 bits per heavy atom. The fraction of sp³-hybridized carbons (Fsp3) is 0.364. The van der Waals surface area contributed by atoms with Crippen LogP contribution in [0.25, 0.3) is 22.3 Å². The number of alkyl halides is 3. The number of aromatic nitrogens is 2. The Bertz CT molecular complexity index is 1320. The number of hydrogen-bond donors (Lipinski definition) is 1. The van der Waals surface area contributed by atoms with Gasteiger partial charge in [-0.15, -0.1) is 0 Å². The highest BCUT2D eigenvalue weighted by molar-refractivity contribution is 7.89. The summed E-state index contributed by atoms with van der Waals surface area (Å²) in [6.07, 6.45) is -1.49. The fourth-order valence-corrected chi connectivity index (χ4v) is 4.81. The molecule has 1 atom stereocenters. The molecular formula is C22H21F3N4O2S. The average Bonchev–Trinajstić information content (AvgIpc) is 3.49. The van der Waals surface area contributed by atoms with Crippen molar-refractivity contribution in [2.24, 2.45) is 5.92 Å². The normalized spacial score (nSPS) is 15.6. The van der Waals surface area contributed by atoms with Crippen LogP contribution in [0.2, 0.25) is 0 Å². The lowest BCUT2D eigenvalue weighted by Gasteiger charge is -2.17. The predicted octanol–water partition coefficient (Wildman–Crippen LogP) is 4.52. The molecule has 0 amide bonds. The van der Waals surface area contributed by atoms with Crippen molar-refractivity contribution in [1.82, 2.24) is 14.3 Å². The van der Waals surface area contributed by atoms with Crippen LogP contribution in [0.5, 0.6) is 0 Å². The second-order valence-corrected chi connectivity index (χ2v) is 9.89. The van der Waals surface area contributed by atoms with Crippen molar-refractivity contribution in [3.05, 3.63) is 47.7 Å². The molecule has 0 aliphatic heterocycles. The number of rotatable bonds is 6. The highest BCUT2D eigenvalue weighted by Gasteiger charge is 2.39. The molecule has 2 aromatic heterocycles. The summed E-state index contributed by atoms with van der Waals surface area (Å²) in [6.45, 7) is 3.41. The van der Waals surface area contributed by atoms with Gasteiger partial charge in [-0.25, -0.2) is 8.42 Å². The van der Waals surface area contributed by atoms with Crippen LogP contribution < -0.4 is 4.72 Å². The third-order valence-electron chi connectivity index (χ3n) is 5.58. The highest BCUT2D eigenvalue weighted by Crippen LogP contribution is 2.38. The number of halogens is 3. The minimum atomic E-state index is -4.70. The largest absolute Gasteiger partial charge is 0.404 e. The number of nitriles is 1. The van der Waals surface area contributed by atoms with Crippen molar-refractivity contribution >= 4 is 20.9 Å². The van der Waals surface area contributed by atoms with E-state index in [0.29, 0.717) is 29.4 Å². The minimum absolute atomic E-state index is 0.378. The quantitative estimate of drug-likeness (QED) is 0.583. The zero-order chi connectivity index (χ0) is 23.3. The Morgan fingerprint density at radius 2 is 2.00 bits per heavy atom. The molecule has 32 heavy (non-hydrogen) atoms. The molecule has 0 radical (unpaired) electrons. The Hall–Kier alpha value is -2.90. The molecule has 1 aliphatic rings. The number of pyridine rings is 1. The van der Waals surface area contributed by atoms with E-state index in [9.17, 15) is 26.9 Å². The van der Waals surface area contributed by atoms with Gasteiger partial charge in [0.2, 0.25) is 10.0 Å². The monoisotopic (exact) mass is 462 g/mol. The molecule has 1 aliphatic carbocycles. The van der Waals surface area contributed by atoms with Crippen molar-refractivity contribution < 1.29 is 21.6 Å². The summed E-state index contributed by atoms with van der Waals surface area (Å²) in [5.41, 5.74) is 3.36. The van der Waals surface area contributed by atoms with Gasteiger partial charge in [0.1, 0.15) is 17.0 Å². The maximum Gasteiger partial charge on any atom is 0.404 e. The third-order valence-corrected chi connectivity index (χ3v) is 7.11. The fourth-order valence-electron chi connectivity index (χ4n) is 3.63. The summed E-state index contributed by atoms with van der Waals surface area (Å²) in [6, 6.07) is 8.45. The number of fused-ring (bicyclic) bond motifs is 1. The Kier molecular flexibility index (Phi) is 5.51. The number of benzene rings is 1. The van der Waals surface area contributed by atoms with Gasteiger partial charge in [0.05, 0.1) is 22.5 Å². The summed E-state index contributed by atoms with van der Waals surface area (Å²) in [7, 11) is -4.41. The first-order valence-electron chi connectivity index (χ1n) is 10.1. The van der Waals surface area contributed by atoms with Crippen LogP contribution in [0, 0.1) is 24.2 Å². The molecule has 0 spiro atoms. The van der Waals surface area contributed by atoms with E-state index in [4.69, 9.17) is 0 Å². The lowest BCUT2D eigenvalue weighted by molar-refractivity contribution is -0.147. The standard InChI is InChI=1S/C22H21F3N4O2S/c1-13-3-7-17-18(10-26)21(29(20(17)9-13)12-15-4-5-15)19-8-6-16(11-27-19)32(30,31)28-14(2)22(23,24)25/h3,6-9,11,14-15,28H,4-5,12H2,1-2H3. The van der Waals surface area contributed by atoms with Crippen LogP contribution in [0.15, 0.2) is 41.4 Å². The smallest absolute Gasteiger partial charge is 0.338 e. The summed E-state index contributed by atoms with van der Waals surface area (Å²) in [5, 5.41) is 10.7. The zero-order valence-electron chi connectivity index (χ0n) is 17.4. The van der Waals surface area contributed by atoms with E-state index >= 15 is 0 Å². The minimum Gasteiger partial charge on any atom is -0.338 e. The van der Waals surface area contributed by atoms with Gasteiger partial charge >= 0.3 is 6.18 Å². The van der Waals surface area contributed by atoms with Gasteiger partial charge in [0, 0.05) is 18.1 Å². The van der Waals surface area contributed by atoms with Gasteiger partial charge in [0.15, 0.2) is 0 Å². The van der Waals surface area contributed by atoms with E-state index in [1.807, 2.05) is 29.7 Å². The average molecular weight is 462 g/mol. The van der Waals surface area contributed by atoms with E-state index in [1.54, 1.807) is 4.72 Å². The first kappa shape index (κ1) is 22.3. The maximum absolute atomic E-state index is 12.8. The molecule has 0 saturated heterocycles. The molecule has 0 bridgehead atoms. The van der Waals surface area contributed by atoms with Gasteiger partial charge in [-0.3, -0.25) is 4.98 Å². The molecular weight excluding hydrogens is 441 g/mol. The molecule has 6 nitrogen and oxygen atoms in total. The van der Waals surface area contributed by atoms with Crippen molar-refractivity contribution in [2.75, 3.05) is 0 Å². The van der Waals surface area contributed by atoms with Crippen LogP contribution >= 0.6 is 0 Å². The van der Waals surface area contributed by atoms with Gasteiger partial charge in [-0.2, -0.15) is 23.2 Å². The first-order chi connectivity index (χ1) is 15.0. The second kappa shape index (κ2) is 7.90. The Labute approximate surface area is 183 Å². The molecule has 2 heterocycles. The summed E-state index contributed by atoms with van der Waals surface area (Å²) < 4.78 is 66.7. The summed E-state index contributed by atoms with van der Waals surface area (Å²) in [4.78, 5) is 3.85. The molecule has 10 heteroatoms. The van der Waals surface area contributed by atoms with Crippen molar-refractivity contribution in [2.45, 2.75) is 50.3 Å². The molecule has 1 saturated carbocycles. The van der Waals surface area contributed by atoms with Crippen molar-refractivity contribution in [3.63, 3.8) is 0 Å². The van der Waals surface area contributed by atoms with E-state index in [0.717, 1.165) is 42.4 Å². The molecule has 3 aromatic rings.